The van der Waals surface area contributed by atoms with Crippen LogP contribution in [0.15, 0.2) is 36.9 Å². The number of nitrogens with one attached hydrogen (secondary N) is 2. The lowest BCUT2D eigenvalue weighted by molar-refractivity contribution is -0.0864. The quantitative estimate of drug-likeness (QED) is 0.348. The molecule has 4 aromatic rings. The summed E-state index contributed by atoms with van der Waals surface area (Å²) in [7, 11) is 0. The second-order valence-corrected chi connectivity index (χ2v) is 9.64. The summed E-state index contributed by atoms with van der Waals surface area (Å²) in [5.74, 6) is -4.66. The van der Waals surface area contributed by atoms with Crippen LogP contribution in [-0.2, 0) is 0 Å². The Morgan fingerprint density at radius 3 is 2.65 bits per heavy atom. The van der Waals surface area contributed by atoms with Crippen LogP contribution in [0.2, 0.25) is 0 Å². The number of halogens is 4. The molecule has 178 valence electrons. The van der Waals surface area contributed by atoms with E-state index in [1.165, 1.54) is 0 Å². The zero-order chi connectivity index (χ0) is 23.5. The Kier molecular flexibility index (Phi) is 4.82. The number of aromatic nitrogens is 5. The summed E-state index contributed by atoms with van der Waals surface area (Å²) in [6.45, 7) is 0.565. The van der Waals surface area contributed by atoms with Crippen molar-refractivity contribution in [3.8, 4) is 11.1 Å². The van der Waals surface area contributed by atoms with E-state index >= 15 is 0 Å². The zero-order valence-electron chi connectivity index (χ0n) is 18.4. The van der Waals surface area contributed by atoms with E-state index in [4.69, 9.17) is 0 Å². The maximum Gasteiger partial charge on any atom is 0.249 e. The van der Waals surface area contributed by atoms with Crippen molar-refractivity contribution >= 4 is 22.5 Å². The van der Waals surface area contributed by atoms with E-state index in [-0.39, 0.29) is 37.5 Å². The van der Waals surface area contributed by atoms with Crippen LogP contribution in [0.1, 0.15) is 50.0 Å². The first kappa shape index (κ1) is 21.4. The number of aromatic amines is 1. The van der Waals surface area contributed by atoms with Crippen LogP contribution in [0, 0.1) is 5.92 Å². The molecule has 2 aliphatic carbocycles. The highest BCUT2D eigenvalue weighted by Crippen LogP contribution is 2.49. The summed E-state index contributed by atoms with van der Waals surface area (Å²) >= 11 is 0. The van der Waals surface area contributed by atoms with Crippen molar-refractivity contribution in [2.24, 2.45) is 5.92 Å². The van der Waals surface area contributed by atoms with Gasteiger partial charge in [0.2, 0.25) is 17.8 Å². The Morgan fingerprint density at radius 2 is 1.88 bits per heavy atom. The van der Waals surface area contributed by atoms with Gasteiger partial charge in [0.1, 0.15) is 5.65 Å². The fraction of sp³-hybridized carbons (Fsp3) is 0.458. The normalized spacial score (nSPS) is 20.6. The molecule has 0 saturated heterocycles. The van der Waals surface area contributed by atoms with Crippen molar-refractivity contribution in [2.45, 2.75) is 56.3 Å². The van der Waals surface area contributed by atoms with Gasteiger partial charge in [-0.15, -0.1) is 0 Å². The number of hydrogen-bond donors (Lipinski definition) is 2. The summed E-state index contributed by atoms with van der Waals surface area (Å²) < 4.78 is 55.2. The highest BCUT2D eigenvalue weighted by atomic mass is 19.3. The van der Waals surface area contributed by atoms with Gasteiger partial charge in [-0.25, -0.2) is 27.1 Å². The predicted octanol–water partition coefficient (Wildman–Crippen LogP) is 6.02. The highest BCUT2D eigenvalue weighted by molar-refractivity contribution is 5.94. The molecule has 6 nitrogen and oxygen atoms in total. The lowest BCUT2D eigenvalue weighted by Crippen LogP contribution is -2.33. The van der Waals surface area contributed by atoms with E-state index in [9.17, 15) is 17.6 Å². The molecule has 10 heteroatoms. The smallest absolute Gasteiger partial charge is 0.249 e. The number of hydrogen-bond acceptors (Lipinski definition) is 4. The van der Waals surface area contributed by atoms with Gasteiger partial charge in [0.25, 0.3) is 0 Å². The molecule has 0 atom stereocenters. The van der Waals surface area contributed by atoms with Crippen molar-refractivity contribution in [2.75, 3.05) is 11.9 Å². The number of rotatable bonds is 5. The van der Waals surface area contributed by atoms with Gasteiger partial charge in [0.05, 0.1) is 11.7 Å². The van der Waals surface area contributed by atoms with Gasteiger partial charge < -0.3 is 10.3 Å². The predicted molar refractivity (Wildman–Crippen MR) is 120 cm³/mol. The molecule has 0 spiro atoms. The molecule has 0 amide bonds. The first-order valence-corrected chi connectivity index (χ1v) is 11.6. The molecule has 2 aliphatic rings. The minimum atomic E-state index is -2.58. The molecule has 2 saturated carbocycles. The fourth-order valence-corrected chi connectivity index (χ4v) is 5.13. The van der Waals surface area contributed by atoms with Crippen LogP contribution in [0.25, 0.3) is 27.7 Å². The minimum absolute atomic E-state index is 0.0638. The van der Waals surface area contributed by atoms with Gasteiger partial charge >= 0.3 is 0 Å². The van der Waals surface area contributed by atoms with Crippen molar-refractivity contribution in [1.29, 1.82) is 0 Å². The van der Waals surface area contributed by atoms with Crippen LogP contribution in [0.4, 0.5) is 23.5 Å². The number of alkyl halides is 4. The van der Waals surface area contributed by atoms with Gasteiger partial charge in [0.15, 0.2) is 0 Å². The Morgan fingerprint density at radius 1 is 1.09 bits per heavy atom. The second kappa shape index (κ2) is 7.68. The Labute approximate surface area is 192 Å². The number of pyridine rings is 1. The molecule has 0 aromatic carbocycles. The topological polar surface area (TPSA) is 70.9 Å². The third kappa shape index (κ3) is 3.88. The number of anilines is 1. The molecule has 2 N–H and O–H groups in total. The molecular formula is C24H24F4N6. The maximum atomic E-state index is 13.4. The molecule has 0 radical (unpaired) electrons. The highest BCUT2D eigenvalue weighted by Gasteiger charge is 2.46. The summed E-state index contributed by atoms with van der Waals surface area (Å²) in [4.78, 5) is 12.1. The molecule has 4 aromatic heterocycles. The number of H-pyrrole nitrogens is 1. The number of fused-ring (bicyclic) bond motifs is 2. The van der Waals surface area contributed by atoms with Crippen molar-refractivity contribution in [1.82, 2.24) is 24.6 Å². The first-order chi connectivity index (χ1) is 16.3. The van der Waals surface area contributed by atoms with Crippen LogP contribution in [0.3, 0.4) is 0 Å². The molecule has 34 heavy (non-hydrogen) atoms. The van der Waals surface area contributed by atoms with E-state index in [2.05, 4.69) is 25.4 Å². The van der Waals surface area contributed by atoms with Crippen LogP contribution in [-0.4, -0.2) is 43.0 Å². The van der Waals surface area contributed by atoms with Crippen LogP contribution >= 0.6 is 0 Å². The minimum Gasteiger partial charge on any atom is -0.354 e. The summed E-state index contributed by atoms with van der Waals surface area (Å²) in [5, 5.41) is 8.34. The molecular weight excluding hydrogens is 448 g/mol. The van der Waals surface area contributed by atoms with E-state index in [1.54, 1.807) is 16.9 Å². The van der Waals surface area contributed by atoms with Crippen molar-refractivity contribution in [3.63, 3.8) is 0 Å². The van der Waals surface area contributed by atoms with Crippen LogP contribution < -0.4 is 5.32 Å². The van der Waals surface area contributed by atoms with Crippen LogP contribution in [0.5, 0.6) is 0 Å². The first-order valence-electron chi connectivity index (χ1n) is 11.6. The van der Waals surface area contributed by atoms with Gasteiger partial charge in [-0.1, -0.05) is 0 Å². The molecule has 2 fully saturated rings. The van der Waals surface area contributed by atoms with E-state index < -0.39 is 11.8 Å². The lowest BCUT2D eigenvalue weighted by Gasteiger charge is -2.34. The van der Waals surface area contributed by atoms with E-state index in [1.807, 2.05) is 24.5 Å². The largest absolute Gasteiger partial charge is 0.354 e. The van der Waals surface area contributed by atoms with E-state index in [0.29, 0.717) is 31.0 Å². The molecule has 4 heterocycles. The van der Waals surface area contributed by atoms with Crippen molar-refractivity contribution < 1.29 is 17.6 Å². The third-order valence-electron chi connectivity index (χ3n) is 7.21. The standard InChI is InChI=1S/C24H24F4N6/c25-23(26)4-1-14(2-5-23)10-30-22-31-12-19-17(11-29-21(19)33-22)15-3-6-34-20(7-15)18(13-32-34)16-8-24(27,28)9-16/h3,6-7,11-14,16H,1-2,4-5,8-10H2,(H2,29,30,31,33). The summed E-state index contributed by atoms with van der Waals surface area (Å²) in [5.41, 5.74) is 4.15. The van der Waals surface area contributed by atoms with Gasteiger partial charge in [-0.2, -0.15) is 10.1 Å². The second-order valence-electron chi connectivity index (χ2n) is 9.64. The summed E-state index contributed by atoms with van der Waals surface area (Å²) in [6, 6.07) is 3.89. The monoisotopic (exact) mass is 472 g/mol. The molecule has 0 bridgehead atoms. The summed E-state index contributed by atoms with van der Waals surface area (Å²) in [6.07, 6.45) is 7.68. The Bertz CT molecular complexity index is 1340. The maximum absolute atomic E-state index is 13.4. The fourth-order valence-electron chi connectivity index (χ4n) is 5.13. The Balaban J connectivity index is 1.21. The van der Waals surface area contributed by atoms with Gasteiger partial charge in [-0.05, 0) is 42.4 Å². The molecule has 0 aliphatic heterocycles. The van der Waals surface area contributed by atoms with Gasteiger partial charge in [-0.3, -0.25) is 0 Å². The SMILES string of the molecule is FC1(F)CCC(CNc2ncc3c(-c4ccn5ncc(C6CC(F)(F)C6)c5c4)c[nH]c3n2)CC1. The average molecular weight is 472 g/mol. The van der Waals surface area contributed by atoms with Gasteiger partial charge in [0, 0.05) is 67.3 Å². The third-order valence-corrected chi connectivity index (χ3v) is 7.21. The average Bonchev–Trinajstić information content (AvgIpc) is 3.40. The Hall–Kier alpha value is -3.17. The van der Waals surface area contributed by atoms with Crippen molar-refractivity contribution in [3.05, 3.63) is 42.5 Å². The number of nitrogens with zero attached hydrogens (tertiary/aromatic N) is 4. The molecule has 6 rings (SSSR count). The zero-order valence-corrected chi connectivity index (χ0v) is 18.4. The molecule has 0 unspecified atom stereocenters. The van der Waals surface area contributed by atoms with E-state index in [0.717, 1.165) is 27.6 Å². The lowest BCUT2D eigenvalue weighted by atomic mass is 9.77.